The third-order valence-corrected chi connectivity index (χ3v) is 6.07. The van der Waals surface area contributed by atoms with Crippen LogP contribution in [0.25, 0.3) is 11.1 Å². The summed E-state index contributed by atoms with van der Waals surface area (Å²) in [7, 11) is 3.01. The highest BCUT2D eigenvalue weighted by molar-refractivity contribution is 5.67. The quantitative estimate of drug-likeness (QED) is 0.540. The van der Waals surface area contributed by atoms with Crippen molar-refractivity contribution in [3.05, 3.63) is 85.9 Å². The summed E-state index contributed by atoms with van der Waals surface area (Å²) in [6, 6.07) is 7.49. The van der Waals surface area contributed by atoms with Crippen molar-refractivity contribution in [1.29, 1.82) is 0 Å². The van der Waals surface area contributed by atoms with Gasteiger partial charge in [-0.05, 0) is 38.1 Å². The molecule has 3 aromatic rings. The summed E-state index contributed by atoms with van der Waals surface area (Å²) in [5, 5.41) is 3.07. The fraction of sp³-hybridized carbons (Fsp3) is 0.360. The summed E-state index contributed by atoms with van der Waals surface area (Å²) >= 11 is 0. The number of hydrogen-bond acceptors (Lipinski definition) is 4. The molecule has 34 heavy (non-hydrogen) atoms. The summed E-state index contributed by atoms with van der Waals surface area (Å²) in [6.45, 7) is 4.84. The smallest absolute Gasteiger partial charge is 0.331 e. The van der Waals surface area contributed by atoms with Gasteiger partial charge in [-0.1, -0.05) is 32.0 Å². The molecule has 0 saturated heterocycles. The second kappa shape index (κ2) is 10.3. The minimum Gasteiger partial charge on any atom is -0.494 e. The van der Waals surface area contributed by atoms with Crippen molar-refractivity contribution in [2.45, 2.75) is 39.9 Å². The number of likely N-dealkylation sites (N-methyl/N-ethyl adjacent to an activating group) is 1. The van der Waals surface area contributed by atoms with E-state index in [9.17, 15) is 18.4 Å². The van der Waals surface area contributed by atoms with E-state index in [1.165, 1.54) is 38.3 Å². The van der Waals surface area contributed by atoms with Crippen LogP contribution in [0, 0.1) is 30.3 Å². The predicted molar refractivity (Wildman–Crippen MR) is 125 cm³/mol. The fourth-order valence-corrected chi connectivity index (χ4v) is 3.99. The van der Waals surface area contributed by atoms with Gasteiger partial charge in [-0.25, -0.2) is 18.0 Å². The van der Waals surface area contributed by atoms with Gasteiger partial charge >= 0.3 is 5.69 Å². The van der Waals surface area contributed by atoms with Crippen molar-refractivity contribution in [1.82, 2.24) is 14.5 Å². The zero-order chi connectivity index (χ0) is 25.2. The fourth-order valence-electron chi connectivity index (χ4n) is 3.99. The third-order valence-electron chi connectivity index (χ3n) is 6.07. The molecule has 182 valence electrons. The number of nitrogens with one attached hydrogen (secondary N) is 1. The van der Waals surface area contributed by atoms with E-state index in [2.05, 4.69) is 5.32 Å². The van der Waals surface area contributed by atoms with Crippen LogP contribution in [0.15, 0.2) is 46.0 Å². The summed E-state index contributed by atoms with van der Waals surface area (Å²) in [6.07, 6.45) is 0. The van der Waals surface area contributed by atoms with Gasteiger partial charge in [-0.15, -0.1) is 0 Å². The van der Waals surface area contributed by atoms with E-state index in [-0.39, 0.29) is 46.6 Å². The lowest BCUT2D eigenvalue weighted by molar-refractivity contribution is 0.361. The number of benzene rings is 2. The van der Waals surface area contributed by atoms with Crippen LogP contribution < -0.4 is 21.3 Å². The third kappa shape index (κ3) is 4.65. The molecule has 3 rings (SSSR count). The van der Waals surface area contributed by atoms with Crippen LogP contribution in [0.2, 0.25) is 0 Å². The number of aromatic nitrogens is 2. The highest BCUT2D eigenvalue weighted by Crippen LogP contribution is 2.29. The van der Waals surface area contributed by atoms with Gasteiger partial charge in [-0.2, -0.15) is 0 Å². The number of halogens is 3. The lowest BCUT2D eigenvalue weighted by Gasteiger charge is -2.23. The average Bonchev–Trinajstić information content (AvgIpc) is 2.79. The SMILES string of the molecule is CN[C@@H](Cn1c(=O)c(-c2cccc(OC)c2F)c(C)n(Cc2c(F)cccc2F)c1=O)C(C)C. The molecule has 6 nitrogen and oxygen atoms in total. The van der Waals surface area contributed by atoms with Crippen molar-refractivity contribution in [2.24, 2.45) is 5.92 Å². The van der Waals surface area contributed by atoms with Crippen LogP contribution in [0.3, 0.4) is 0 Å². The monoisotopic (exact) mass is 475 g/mol. The Bertz CT molecular complexity index is 1290. The Morgan fingerprint density at radius 2 is 1.62 bits per heavy atom. The molecule has 0 spiro atoms. The molecule has 0 radical (unpaired) electrons. The normalized spacial score (nSPS) is 12.3. The Morgan fingerprint density at radius 1 is 1.00 bits per heavy atom. The molecule has 0 aliphatic carbocycles. The van der Waals surface area contributed by atoms with E-state index in [0.29, 0.717) is 0 Å². The largest absolute Gasteiger partial charge is 0.494 e. The summed E-state index contributed by atoms with van der Waals surface area (Å²) in [4.78, 5) is 27.0. The van der Waals surface area contributed by atoms with Gasteiger partial charge in [0, 0.05) is 29.4 Å². The first-order valence-corrected chi connectivity index (χ1v) is 10.9. The Balaban J connectivity index is 2.36. The Morgan fingerprint density at radius 3 is 2.18 bits per heavy atom. The lowest BCUT2D eigenvalue weighted by Crippen LogP contribution is -2.47. The number of hydrogen-bond donors (Lipinski definition) is 1. The summed E-state index contributed by atoms with van der Waals surface area (Å²) in [5.41, 5.74) is -1.82. The molecule has 1 heterocycles. The molecule has 1 aromatic heterocycles. The van der Waals surface area contributed by atoms with E-state index >= 15 is 4.39 Å². The van der Waals surface area contributed by atoms with Crippen LogP contribution in [-0.2, 0) is 13.1 Å². The van der Waals surface area contributed by atoms with Gasteiger partial charge in [0.15, 0.2) is 11.6 Å². The Kier molecular flexibility index (Phi) is 7.66. The molecule has 1 atom stereocenters. The predicted octanol–water partition coefficient (Wildman–Crippen LogP) is 3.70. The summed E-state index contributed by atoms with van der Waals surface area (Å²) < 4.78 is 51.2. The summed E-state index contributed by atoms with van der Waals surface area (Å²) in [5.74, 6) is -2.43. The number of ether oxygens (including phenoxy) is 1. The zero-order valence-electron chi connectivity index (χ0n) is 19.8. The van der Waals surface area contributed by atoms with Crippen molar-refractivity contribution >= 4 is 0 Å². The number of rotatable bonds is 8. The lowest BCUT2D eigenvalue weighted by atomic mass is 10.0. The van der Waals surface area contributed by atoms with Gasteiger partial charge in [0.25, 0.3) is 5.56 Å². The average molecular weight is 476 g/mol. The maximum absolute atomic E-state index is 15.2. The van der Waals surface area contributed by atoms with Gasteiger partial charge in [0.2, 0.25) is 0 Å². The standard InChI is InChI=1S/C25H28F3N3O3/c1-14(2)20(29-4)13-31-24(32)22(16-8-6-11-21(34-5)23(16)28)15(3)30(25(31)33)12-17-18(26)9-7-10-19(17)27/h6-11,14,20,29H,12-13H2,1-5H3/t20-/m0/s1. The Labute approximate surface area is 195 Å². The first-order chi connectivity index (χ1) is 16.1. The van der Waals surface area contributed by atoms with E-state index in [0.717, 1.165) is 21.3 Å². The second-order valence-electron chi connectivity index (χ2n) is 8.41. The maximum atomic E-state index is 15.2. The van der Waals surface area contributed by atoms with Crippen LogP contribution in [0.4, 0.5) is 13.2 Å². The minimum atomic E-state index is -0.826. The topological polar surface area (TPSA) is 65.3 Å². The molecule has 0 fully saturated rings. The van der Waals surface area contributed by atoms with E-state index in [1.807, 2.05) is 13.8 Å². The molecule has 0 aliphatic heterocycles. The molecule has 0 bridgehead atoms. The molecule has 9 heteroatoms. The van der Waals surface area contributed by atoms with Crippen molar-refractivity contribution in [3.8, 4) is 16.9 Å². The minimum absolute atomic E-state index is 0.00947. The molecule has 0 saturated carbocycles. The van der Waals surface area contributed by atoms with Gasteiger partial charge in [0.1, 0.15) is 11.6 Å². The van der Waals surface area contributed by atoms with Crippen LogP contribution in [-0.4, -0.2) is 29.3 Å². The highest BCUT2D eigenvalue weighted by atomic mass is 19.1. The molecule has 0 aliphatic rings. The van der Waals surface area contributed by atoms with Crippen LogP contribution in [0.5, 0.6) is 5.75 Å². The van der Waals surface area contributed by atoms with Crippen molar-refractivity contribution in [2.75, 3.05) is 14.2 Å². The van der Waals surface area contributed by atoms with E-state index in [4.69, 9.17) is 4.74 Å². The number of nitrogens with zero attached hydrogens (tertiary/aromatic N) is 2. The molecule has 2 aromatic carbocycles. The highest BCUT2D eigenvalue weighted by Gasteiger charge is 2.25. The van der Waals surface area contributed by atoms with Crippen molar-refractivity contribution in [3.63, 3.8) is 0 Å². The number of methoxy groups -OCH3 is 1. The van der Waals surface area contributed by atoms with Crippen LogP contribution >= 0.6 is 0 Å². The van der Waals surface area contributed by atoms with Gasteiger partial charge in [-0.3, -0.25) is 13.9 Å². The molecule has 0 amide bonds. The van der Waals surface area contributed by atoms with Crippen molar-refractivity contribution < 1.29 is 17.9 Å². The van der Waals surface area contributed by atoms with Gasteiger partial charge in [0.05, 0.1) is 19.2 Å². The maximum Gasteiger partial charge on any atom is 0.331 e. The first kappa shape index (κ1) is 25.3. The van der Waals surface area contributed by atoms with Gasteiger partial charge < -0.3 is 10.1 Å². The van der Waals surface area contributed by atoms with Crippen LogP contribution in [0.1, 0.15) is 25.1 Å². The molecule has 0 unspecified atom stereocenters. The first-order valence-electron chi connectivity index (χ1n) is 10.9. The zero-order valence-corrected chi connectivity index (χ0v) is 19.8. The van der Waals surface area contributed by atoms with E-state index < -0.39 is 35.2 Å². The molecular formula is C25H28F3N3O3. The second-order valence-corrected chi connectivity index (χ2v) is 8.41. The van der Waals surface area contributed by atoms with E-state index in [1.54, 1.807) is 7.05 Å². The molecule has 1 N–H and O–H groups in total. The molecular weight excluding hydrogens is 447 g/mol. The Hall–Kier alpha value is -3.33.